The van der Waals surface area contributed by atoms with Gasteiger partial charge in [-0.25, -0.2) is 8.42 Å². The van der Waals surface area contributed by atoms with Crippen molar-refractivity contribution in [3.63, 3.8) is 0 Å². The summed E-state index contributed by atoms with van der Waals surface area (Å²) in [5.74, 6) is -0.728. The minimum Gasteiger partial charge on any atom is -0.360 e. The van der Waals surface area contributed by atoms with E-state index in [0.29, 0.717) is 5.56 Å². The summed E-state index contributed by atoms with van der Waals surface area (Å²) in [6.45, 7) is 8.34. The topological polar surface area (TPSA) is 87.6 Å². The minimum atomic E-state index is -4.22. The summed E-state index contributed by atoms with van der Waals surface area (Å²) in [6, 6.07) is 8.94. The molecule has 2 aromatic carbocycles. The predicted molar refractivity (Wildman–Crippen MR) is 93.7 cm³/mol. The van der Waals surface area contributed by atoms with Crippen LogP contribution < -0.4 is 0 Å². The Morgan fingerprint density at radius 3 is 2.21 bits per heavy atom. The van der Waals surface area contributed by atoms with Gasteiger partial charge in [0.15, 0.2) is 0 Å². The third-order valence-electron chi connectivity index (χ3n) is 3.80. The number of carbonyl (C=O) groups is 1. The summed E-state index contributed by atoms with van der Waals surface area (Å²) >= 11 is 0. The second-order valence-corrected chi connectivity index (χ2v) is 8.79. The molecule has 5 nitrogen and oxygen atoms in total. The van der Waals surface area contributed by atoms with Crippen molar-refractivity contribution in [2.45, 2.75) is 39.5 Å². The maximum atomic E-state index is 12.9. The number of benzene rings is 2. The second-order valence-electron chi connectivity index (χ2n) is 6.96. The highest BCUT2D eigenvalue weighted by Crippen LogP contribution is 2.27. The lowest BCUT2D eigenvalue weighted by atomic mass is 9.91. The van der Waals surface area contributed by atoms with E-state index in [4.69, 9.17) is 0 Å². The molecule has 2 rings (SSSR count). The van der Waals surface area contributed by atoms with Crippen LogP contribution in [0.15, 0.2) is 35.2 Å². The van der Waals surface area contributed by atoms with Crippen LogP contribution in [0.25, 0.3) is 16.3 Å². The molecule has 0 saturated heterocycles. The summed E-state index contributed by atoms with van der Waals surface area (Å²) < 4.78 is 25.7. The monoisotopic (exact) mass is 344 g/mol. The number of hydrogen-bond donors (Lipinski definition) is 0. The van der Waals surface area contributed by atoms with Gasteiger partial charge in [-0.1, -0.05) is 50.6 Å². The van der Waals surface area contributed by atoms with Gasteiger partial charge >= 0.3 is 5.04 Å². The summed E-state index contributed by atoms with van der Waals surface area (Å²) in [5, 5.41) is 0.825. The van der Waals surface area contributed by atoms with E-state index >= 15 is 0 Å². The Labute approximate surface area is 141 Å². The van der Waals surface area contributed by atoms with Crippen LogP contribution in [0.5, 0.6) is 0 Å². The second kappa shape index (κ2) is 5.96. The molecule has 0 amide bonds. The molecule has 0 N–H and O–H groups in total. The lowest BCUT2D eigenvalue weighted by Gasteiger charge is -2.14. The first-order valence-corrected chi connectivity index (χ1v) is 9.00. The van der Waals surface area contributed by atoms with Crippen molar-refractivity contribution in [1.82, 2.24) is 0 Å². The molecular formula is C18H20N2O3S. The molecule has 0 bridgehead atoms. The fourth-order valence-corrected chi connectivity index (χ4v) is 4.08. The lowest BCUT2D eigenvalue weighted by Crippen LogP contribution is -2.35. The van der Waals surface area contributed by atoms with Crippen molar-refractivity contribution in [3.8, 4) is 0 Å². The quantitative estimate of drug-likeness (QED) is 0.362. The van der Waals surface area contributed by atoms with Gasteiger partial charge in [-0.05, 0) is 36.2 Å². The maximum absolute atomic E-state index is 12.9. The standard InChI is InChI=1S/C18H20N2O3S/c1-11-6-7-13-10-15(12(2)9-14(13)8-11)24(22,23)17(20-19)16(21)18(3,4)5/h6-10H,1-5H3. The number of rotatable bonds is 2. The average molecular weight is 344 g/mol. The van der Waals surface area contributed by atoms with Crippen LogP contribution in [-0.4, -0.2) is 24.0 Å². The molecule has 0 aromatic heterocycles. The molecule has 6 heteroatoms. The molecule has 0 radical (unpaired) electrons. The van der Waals surface area contributed by atoms with Gasteiger partial charge < -0.3 is 5.53 Å². The van der Waals surface area contributed by atoms with Crippen LogP contribution in [0, 0.1) is 19.3 Å². The molecule has 0 fully saturated rings. The van der Waals surface area contributed by atoms with Crippen molar-refractivity contribution in [1.29, 1.82) is 0 Å². The molecule has 126 valence electrons. The van der Waals surface area contributed by atoms with Crippen molar-refractivity contribution >= 4 is 31.4 Å². The van der Waals surface area contributed by atoms with Crippen LogP contribution in [0.4, 0.5) is 0 Å². The van der Waals surface area contributed by atoms with E-state index < -0.39 is 26.1 Å². The van der Waals surface area contributed by atoms with E-state index in [2.05, 4.69) is 4.79 Å². The Balaban J connectivity index is 2.71. The number of sulfone groups is 1. The zero-order valence-corrected chi connectivity index (χ0v) is 15.2. The number of carbonyl (C=O) groups excluding carboxylic acids is 1. The van der Waals surface area contributed by atoms with Crippen LogP contribution in [0.3, 0.4) is 0 Å². The third-order valence-corrected chi connectivity index (χ3v) is 5.59. The molecule has 0 heterocycles. The lowest BCUT2D eigenvalue weighted by molar-refractivity contribution is -0.123. The highest BCUT2D eigenvalue weighted by molar-refractivity contribution is 8.08. The maximum Gasteiger partial charge on any atom is 0.452 e. The Morgan fingerprint density at radius 2 is 1.67 bits per heavy atom. The predicted octanol–water partition coefficient (Wildman–Crippen LogP) is 3.47. The fourth-order valence-electron chi connectivity index (χ4n) is 2.45. The molecule has 0 spiro atoms. The molecule has 2 aromatic rings. The van der Waals surface area contributed by atoms with Crippen molar-refractivity contribution < 1.29 is 18.0 Å². The van der Waals surface area contributed by atoms with Gasteiger partial charge in [0.1, 0.15) is 0 Å². The average Bonchev–Trinajstić information content (AvgIpc) is 2.45. The zero-order valence-electron chi connectivity index (χ0n) is 14.4. The number of aryl methyl sites for hydroxylation is 2. The van der Waals surface area contributed by atoms with Crippen molar-refractivity contribution in [3.05, 3.63) is 47.0 Å². The molecule has 0 unspecified atom stereocenters. The Hall–Kier alpha value is -2.30. The first kappa shape index (κ1) is 18.0. The molecule has 0 aliphatic heterocycles. The molecule has 0 saturated carbocycles. The van der Waals surface area contributed by atoms with Gasteiger partial charge in [0.25, 0.3) is 15.6 Å². The van der Waals surface area contributed by atoms with Crippen molar-refractivity contribution in [2.24, 2.45) is 5.41 Å². The summed E-state index contributed by atoms with van der Waals surface area (Å²) in [7, 11) is -4.22. The van der Waals surface area contributed by atoms with Crippen LogP contribution in [-0.2, 0) is 14.6 Å². The van der Waals surface area contributed by atoms with Crippen molar-refractivity contribution in [2.75, 3.05) is 0 Å². The van der Waals surface area contributed by atoms with E-state index in [1.54, 1.807) is 33.8 Å². The number of ketones is 1. The van der Waals surface area contributed by atoms with E-state index in [0.717, 1.165) is 16.3 Å². The Morgan fingerprint density at radius 1 is 1.04 bits per heavy atom. The third kappa shape index (κ3) is 3.16. The van der Waals surface area contributed by atoms with E-state index in [1.165, 1.54) is 6.07 Å². The fraction of sp³-hybridized carbons (Fsp3) is 0.333. The minimum absolute atomic E-state index is 0.0238. The van der Waals surface area contributed by atoms with E-state index in [9.17, 15) is 18.7 Å². The highest BCUT2D eigenvalue weighted by Gasteiger charge is 2.43. The summed E-state index contributed by atoms with van der Waals surface area (Å²) in [6.07, 6.45) is 0. The largest absolute Gasteiger partial charge is 0.452 e. The smallest absolute Gasteiger partial charge is 0.360 e. The number of hydrogen-bond acceptors (Lipinski definition) is 3. The van der Waals surface area contributed by atoms with Gasteiger partial charge in [-0.15, -0.1) is 4.79 Å². The first-order chi connectivity index (χ1) is 11.0. The van der Waals surface area contributed by atoms with Gasteiger partial charge in [0, 0.05) is 5.41 Å². The Kier molecular flexibility index (Phi) is 4.48. The first-order valence-electron chi connectivity index (χ1n) is 7.51. The SMILES string of the molecule is Cc1ccc2cc(S(=O)(=O)C(=[N+]=[N-])C(=O)C(C)(C)C)c(C)cc2c1. The van der Waals surface area contributed by atoms with Gasteiger partial charge in [0.2, 0.25) is 0 Å². The number of Topliss-reactive ketones (excluding diaryl/α,β-unsaturated/α-hetero) is 1. The van der Waals surface area contributed by atoms with E-state index in [1.807, 2.05) is 25.1 Å². The molecule has 0 aliphatic rings. The highest BCUT2D eigenvalue weighted by atomic mass is 32.2. The molecule has 24 heavy (non-hydrogen) atoms. The normalized spacial score (nSPS) is 12.0. The number of fused-ring (bicyclic) bond motifs is 1. The summed E-state index contributed by atoms with van der Waals surface area (Å²) in [4.78, 5) is 15.2. The number of nitrogens with zero attached hydrogens (tertiary/aromatic N) is 2. The van der Waals surface area contributed by atoms with Gasteiger partial charge in [-0.3, -0.25) is 4.79 Å². The molecular weight excluding hydrogens is 324 g/mol. The van der Waals surface area contributed by atoms with Crippen LogP contribution >= 0.6 is 0 Å². The van der Waals surface area contributed by atoms with Gasteiger partial charge in [-0.2, -0.15) is 0 Å². The zero-order chi connectivity index (χ0) is 18.3. The Bertz CT molecular complexity index is 993. The van der Waals surface area contributed by atoms with Crippen LogP contribution in [0.2, 0.25) is 0 Å². The molecule has 0 atom stereocenters. The van der Waals surface area contributed by atoms with Crippen LogP contribution in [0.1, 0.15) is 31.9 Å². The van der Waals surface area contributed by atoms with Gasteiger partial charge in [0.05, 0.1) is 4.90 Å². The molecule has 0 aliphatic carbocycles. The summed E-state index contributed by atoms with van der Waals surface area (Å²) in [5.41, 5.74) is 9.77. The van der Waals surface area contributed by atoms with E-state index in [-0.39, 0.29) is 4.90 Å².